The van der Waals surface area contributed by atoms with Crippen molar-refractivity contribution in [3.05, 3.63) is 41.5 Å². The average molecular weight is 251 g/mol. The molecule has 0 fully saturated rings. The van der Waals surface area contributed by atoms with E-state index in [0.29, 0.717) is 6.54 Å². The SMILES string of the molecule is CCC(Cl)c1cn(Cc2cccc(C)n2)nn1. The normalized spacial score (nSPS) is 12.6. The van der Waals surface area contributed by atoms with Crippen LogP contribution in [0.2, 0.25) is 0 Å². The third kappa shape index (κ3) is 3.03. The van der Waals surface area contributed by atoms with E-state index >= 15 is 0 Å². The molecular weight excluding hydrogens is 236 g/mol. The van der Waals surface area contributed by atoms with Crippen LogP contribution in [-0.4, -0.2) is 20.0 Å². The molecule has 0 spiro atoms. The minimum absolute atomic E-state index is 0.0609. The van der Waals surface area contributed by atoms with Crippen molar-refractivity contribution in [3.63, 3.8) is 0 Å². The molecule has 1 atom stereocenters. The molecule has 17 heavy (non-hydrogen) atoms. The summed E-state index contributed by atoms with van der Waals surface area (Å²) >= 11 is 6.10. The molecule has 2 aromatic rings. The Bertz CT molecular complexity index is 495. The highest BCUT2D eigenvalue weighted by Gasteiger charge is 2.10. The summed E-state index contributed by atoms with van der Waals surface area (Å²) in [6, 6.07) is 5.94. The number of hydrogen-bond acceptors (Lipinski definition) is 3. The summed E-state index contributed by atoms with van der Waals surface area (Å²) in [5.74, 6) is 0. The first kappa shape index (κ1) is 12.0. The van der Waals surface area contributed by atoms with E-state index in [0.717, 1.165) is 23.5 Å². The van der Waals surface area contributed by atoms with Gasteiger partial charge in [-0.1, -0.05) is 18.2 Å². The summed E-state index contributed by atoms with van der Waals surface area (Å²) in [6.45, 7) is 4.63. The van der Waals surface area contributed by atoms with Crippen molar-refractivity contribution in [1.29, 1.82) is 0 Å². The highest BCUT2D eigenvalue weighted by Crippen LogP contribution is 2.20. The molecule has 0 aliphatic rings. The van der Waals surface area contributed by atoms with Crippen LogP contribution in [0.15, 0.2) is 24.4 Å². The standard InChI is InChI=1S/C12H15ClN4/c1-3-11(13)12-8-17(16-15-12)7-10-6-4-5-9(2)14-10/h4-6,8,11H,3,7H2,1-2H3. The van der Waals surface area contributed by atoms with E-state index in [1.165, 1.54) is 0 Å². The van der Waals surface area contributed by atoms with E-state index in [-0.39, 0.29) is 5.38 Å². The molecule has 0 N–H and O–H groups in total. The molecule has 4 nitrogen and oxygen atoms in total. The highest BCUT2D eigenvalue weighted by atomic mass is 35.5. The van der Waals surface area contributed by atoms with Gasteiger partial charge in [-0.25, -0.2) is 4.68 Å². The zero-order valence-electron chi connectivity index (χ0n) is 9.97. The number of aryl methyl sites for hydroxylation is 1. The fourth-order valence-corrected chi connectivity index (χ4v) is 1.70. The van der Waals surface area contributed by atoms with Gasteiger partial charge in [0.15, 0.2) is 0 Å². The quantitative estimate of drug-likeness (QED) is 0.784. The van der Waals surface area contributed by atoms with Gasteiger partial charge in [0.25, 0.3) is 0 Å². The van der Waals surface area contributed by atoms with E-state index in [2.05, 4.69) is 15.3 Å². The topological polar surface area (TPSA) is 43.6 Å². The largest absolute Gasteiger partial charge is 0.256 e. The van der Waals surface area contributed by atoms with Gasteiger partial charge in [-0.05, 0) is 25.5 Å². The zero-order chi connectivity index (χ0) is 12.3. The number of aromatic nitrogens is 4. The Balaban J connectivity index is 2.11. The molecule has 0 aliphatic heterocycles. The third-order valence-corrected chi connectivity index (χ3v) is 3.04. The van der Waals surface area contributed by atoms with Crippen molar-refractivity contribution in [2.45, 2.75) is 32.2 Å². The summed E-state index contributed by atoms with van der Waals surface area (Å²) < 4.78 is 1.77. The maximum absolute atomic E-state index is 6.10. The van der Waals surface area contributed by atoms with Gasteiger partial charge in [0.05, 0.1) is 23.8 Å². The van der Waals surface area contributed by atoms with Crippen LogP contribution in [0.5, 0.6) is 0 Å². The molecule has 90 valence electrons. The lowest BCUT2D eigenvalue weighted by Gasteiger charge is -2.01. The number of pyridine rings is 1. The second kappa shape index (κ2) is 5.27. The molecule has 0 bridgehead atoms. The summed E-state index contributed by atoms with van der Waals surface area (Å²) in [7, 11) is 0. The molecule has 0 saturated carbocycles. The Labute approximate surface area is 106 Å². The van der Waals surface area contributed by atoms with Crippen LogP contribution in [0.25, 0.3) is 0 Å². The lowest BCUT2D eigenvalue weighted by Crippen LogP contribution is -2.03. The maximum Gasteiger partial charge on any atom is 0.101 e. The van der Waals surface area contributed by atoms with Gasteiger partial charge in [0, 0.05) is 5.69 Å². The molecule has 2 heterocycles. The van der Waals surface area contributed by atoms with Crippen molar-refractivity contribution in [1.82, 2.24) is 20.0 Å². The first-order valence-corrected chi connectivity index (χ1v) is 6.09. The number of nitrogens with zero attached hydrogens (tertiary/aromatic N) is 4. The smallest absolute Gasteiger partial charge is 0.101 e. The zero-order valence-corrected chi connectivity index (χ0v) is 10.7. The van der Waals surface area contributed by atoms with Crippen LogP contribution in [-0.2, 0) is 6.54 Å². The minimum atomic E-state index is -0.0609. The lowest BCUT2D eigenvalue weighted by atomic mass is 10.2. The molecule has 2 rings (SSSR count). The Morgan fingerprint density at radius 1 is 1.41 bits per heavy atom. The Morgan fingerprint density at radius 3 is 2.94 bits per heavy atom. The van der Waals surface area contributed by atoms with Gasteiger partial charge in [-0.15, -0.1) is 16.7 Å². The minimum Gasteiger partial charge on any atom is -0.256 e. The van der Waals surface area contributed by atoms with Crippen molar-refractivity contribution in [3.8, 4) is 0 Å². The van der Waals surface area contributed by atoms with E-state index in [4.69, 9.17) is 11.6 Å². The highest BCUT2D eigenvalue weighted by molar-refractivity contribution is 6.20. The number of hydrogen-bond donors (Lipinski definition) is 0. The van der Waals surface area contributed by atoms with Crippen molar-refractivity contribution < 1.29 is 0 Å². The molecule has 0 amide bonds. The van der Waals surface area contributed by atoms with E-state index in [1.807, 2.05) is 38.2 Å². The fraction of sp³-hybridized carbons (Fsp3) is 0.417. The molecule has 0 aromatic carbocycles. The van der Waals surface area contributed by atoms with Crippen molar-refractivity contribution >= 4 is 11.6 Å². The first-order chi connectivity index (χ1) is 8.19. The van der Waals surface area contributed by atoms with E-state index in [9.17, 15) is 0 Å². The molecular formula is C12H15ClN4. The summed E-state index contributed by atoms with van der Waals surface area (Å²) in [5.41, 5.74) is 2.80. The van der Waals surface area contributed by atoms with Gasteiger partial charge >= 0.3 is 0 Å². The summed E-state index contributed by atoms with van der Waals surface area (Å²) in [6.07, 6.45) is 2.73. The molecule has 0 aliphatic carbocycles. The Kier molecular flexibility index (Phi) is 3.74. The second-order valence-electron chi connectivity index (χ2n) is 3.99. The second-order valence-corrected chi connectivity index (χ2v) is 4.51. The Hall–Kier alpha value is -1.42. The first-order valence-electron chi connectivity index (χ1n) is 5.65. The van der Waals surface area contributed by atoms with Crippen LogP contribution in [0.1, 0.15) is 35.8 Å². The van der Waals surface area contributed by atoms with Crippen LogP contribution in [0.4, 0.5) is 0 Å². The molecule has 5 heteroatoms. The van der Waals surface area contributed by atoms with Crippen LogP contribution in [0, 0.1) is 6.92 Å². The number of rotatable bonds is 4. The monoisotopic (exact) mass is 250 g/mol. The number of alkyl halides is 1. The van der Waals surface area contributed by atoms with Gasteiger partial charge in [0.2, 0.25) is 0 Å². The maximum atomic E-state index is 6.10. The van der Waals surface area contributed by atoms with Gasteiger partial charge < -0.3 is 0 Å². The van der Waals surface area contributed by atoms with Crippen molar-refractivity contribution in [2.24, 2.45) is 0 Å². The van der Waals surface area contributed by atoms with Gasteiger partial charge in [0.1, 0.15) is 5.69 Å². The predicted molar refractivity (Wildman–Crippen MR) is 67.0 cm³/mol. The van der Waals surface area contributed by atoms with E-state index in [1.54, 1.807) is 4.68 Å². The Morgan fingerprint density at radius 2 is 2.24 bits per heavy atom. The fourth-order valence-electron chi connectivity index (χ4n) is 1.60. The van der Waals surface area contributed by atoms with Crippen LogP contribution >= 0.6 is 11.6 Å². The van der Waals surface area contributed by atoms with Crippen LogP contribution < -0.4 is 0 Å². The lowest BCUT2D eigenvalue weighted by molar-refractivity contribution is 0.637. The van der Waals surface area contributed by atoms with Gasteiger partial charge in [-0.3, -0.25) is 4.98 Å². The number of halogens is 1. The molecule has 0 saturated heterocycles. The van der Waals surface area contributed by atoms with Crippen molar-refractivity contribution in [2.75, 3.05) is 0 Å². The summed E-state index contributed by atoms with van der Waals surface area (Å²) in [4.78, 5) is 4.42. The third-order valence-electron chi connectivity index (χ3n) is 2.51. The molecule has 0 radical (unpaired) electrons. The summed E-state index contributed by atoms with van der Waals surface area (Å²) in [5, 5.41) is 8.05. The average Bonchev–Trinajstić information content (AvgIpc) is 2.76. The molecule has 2 aromatic heterocycles. The van der Waals surface area contributed by atoms with E-state index < -0.39 is 0 Å². The van der Waals surface area contributed by atoms with Crippen LogP contribution in [0.3, 0.4) is 0 Å². The molecule has 1 unspecified atom stereocenters. The predicted octanol–water partition coefficient (Wildman–Crippen LogP) is 2.72. The van der Waals surface area contributed by atoms with Gasteiger partial charge in [-0.2, -0.15) is 0 Å².